The van der Waals surface area contributed by atoms with Crippen LogP contribution < -0.4 is 0 Å². The van der Waals surface area contributed by atoms with Gasteiger partial charge in [0.2, 0.25) is 23.1 Å². The smallest absolute Gasteiger partial charge is 0.342 e. The van der Waals surface area contributed by atoms with E-state index < -0.39 is 34.9 Å². The number of hydrogen-bond acceptors (Lipinski definition) is 6. The van der Waals surface area contributed by atoms with Crippen LogP contribution in [0.5, 0.6) is 0 Å². The highest BCUT2D eigenvalue weighted by Crippen LogP contribution is 2.47. The minimum Gasteiger partial charge on any atom is -0.342 e. The Morgan fingerprint density at radius 2 is 1.09 bits per heavy atom. The van der Waals surface area contributed by atoms with Gasteiger partial charge in [-0.05, 0) is 60.5 Å². The lowest BCUT2D eigenvalue weighted by Gasteiger charge is -2.08. The molecule has 0 atom stereocenters. The van der Waals surface area contributed by atoms with E-state index in [9.17, 15) is 32.3 Å². The van der Waals surface area contributed by atoms with Crippen LogP contribution in [-0.2, 0) is 29.9 Å². The van der Waals surface area contributed by atoms with Crippen LogP contribution in [0.1, 0.15) is 54.4 Å². The number of nitrogens with zero attached hydrogens (tertiary/aromatic N) is 2. The summed E-state index contributed by atoms with van der Waals surface area (Å²) in [5.41, 5.74) is 4.77. The van der Waals surface area contributed by atoms with Gasteiger partial charge in [0.15, 0.2) is 0 Å². The Morgan fingerprint density at radius 3 is 1.58 bits per heavy atom. The second-order valence-corrected chi connectivity index (χ2v) is 13.4. The summed E-state index contributed by atoms with van der Waals surface area (Å²) >= 11 is 3.15. The molecule has 2 aromatic carbocycles. The molecule has 0 saturated carbocycles. The highest BCUT2D eigenvalue weighted by molar-refractivity contribution is 7.36. The van der Waals surface area contributed by atoms with Gasteiger partial charge in [-0.3, -0.25) is 19.2 Å². The fourth-order valence-corrected chi connectivity index (χ4v) is 9.23. The fourth-order valence-electron chi connectivity index (χ4n) is 6.31. The zero-order valence-electron chi connectivity index (χ0n) is 23.8. The first-order valence-corrected chi connectivity index (χ1v) is 15.4. The minimum atomic E-state index is -4.63. The Kier molecular flexibility index (Phi) is 5.59. The van der Waals surface area contributed by atoms with Gasteiger partial charge in [0.1, 0.15) is 0 Å². The highest BCUT2D eigenvalue weighted by atomic mass is 32.1. The number of aromatic nitrogens is 2. The van der Waals surface area contributed by atoms with Crippen LogP contribution in [0.2, 0.25) is 0 Å². The number of thiophene rings is 2. The lowest BCUT2D eigenvalue weighted by atomic mass is 10.0. The first-order valence-electron chi connectivity index (χ1n) is 13.8. The van der Waals surface area contributed by atoms with E-state index in [4.69, 9.17) is 0 Å². The second kappa shape index (κ2) is 9.09. The molecule has 2 aliphatic carbocycles. The Balaban J connectivity index is 1.22. The van der Waals surface area contributed by atoms with E-state index in [1.54, 1.807) is 40.9 Å². The van der Waals surface area contributed by atoms with E-state index in [1.165, 1.54) is 6.07 Å². The molecule has 0 saturated heterocycles. The van der Waals surface area contributed by atoms with Crippen molar-refractivity contribution < 1.29 is 32.3 Å². The van der Waals surface area contributed by atoms with Crippen molar-refractivity contribution in [2.45, 2.75) is 13.1 Å². The molecule has 11 heteroatoms. The molecule has 6 nitrogen and oxygen atoms in total. The maximum atomic E-state index is 13.2. The lowest BCUT2D eigenvalue weighted by Crippen LogP contribution is -2.08. The first kappa shape index (κ1) is 27.7. The summed E-state index contributed by atoms with van der Waals surface area (Å²) in [5, 5.41) is 0. The molecule has 0 amide bonds. The standard InChI is InChI=1S/C34H19F3N2O4S2/c1-14-4-6-18-20(8-14)28(40)30(42)22(18)10-16-12-24-26(38(16)2)32-33(44-24)27-25(45-32)13-17(39(27)3)11-23-19-7-5-15(34(35,36)37)9-21(19)29(41)31(23)43/h4-13H,1-3H3/b22-10-,23-11-. The van der Waals surface area contributed by atoms with Gasteiger partial charge in [-0.15, -0.1) is 22.7 Å². The summed E-state index contributed by atoms with van der Waals surface area (Å²) in [6.45, 7) is 1.88. The molecular weight excluding hydrogens is 622 g/mol. The SMILES string of the molecule is Cc1ccc2c(c1)C(=O)C(=O)/C2=C\c1cc2sc3c(sc4cc(/C=C5\C(=O)C(=O)c6cc(C(F)(F)F)ccc65)n(C)c43)c2n1C. The number of ketones is 4. The summed E-state index contributed by atoms with van der Waals surface area (Å²) < 4.78 is 47.6. The van der Waals surface area contributed by atoms with Gasteiger partial charge in [-0.2, -0.15) is 13.2 Å². The Hall–Kier alpha value is -4.87. The molecule has 0 radical (unpaired) electrons. The summed E-state index contributed by atoms with van der Waals surface area (Å²) in [6.07, 6.45) is -1.29. The minimum absolute atomic E-state index is 0.0684. The fraction of sp³-hybridized carbons (Fsp3) is 0.118. The van der Waals surface area contributed by atoms with Crippen molar-refractivity contribution in [2.24, 2.45) is 14.1 Å². The number of carbonyl (C=O) groups excluding carboxylic acids is 4. The van der Waals surface area contributed by atoms with E-state index in [2.05, 4.69) is 0 Å². The monoisotopic (exact) mass is 640 g/mol. The normalized spacial score (nSPS) is 16.9. The van der Waals surface area contributed by atoms with Crippen molar-refractivity contribution in [1.82, 2.24) is 9.13 Å². The Morgan fingerprint density at radius 1 is 0.622 bits per heavy atom. The lowest BCUT2D eigenvalue weighted by molar-refractivity contribution is -0.137. The predicted molar refractivity (Wildman–Crippen MR) is 170 cm³/mol. The molecule has 0 aliphatic heterocycles. The number of Topliss-reactive ketones (excluding diaryl/α,β-unsaturated/α-hetero) is 4. The number of fused-ring (bicyclic) bond motifs is 7. The maximum Gasteiger partial charge on any atom is 0.416 e. The number of allylic oxidation sites excluding steroid dienone is 2. The molecule has 0 spiro atoms. The highest BCUT2D eigenvalue weighted by Gasteiger charge is 2.38. The molecule has 0 N–H and O–H groups in total. The van der Waals surface area contributed by atoms with E-state index in [0.717, 1.165) is 53.2 Å². The van der Waals surface area contributed by atoms with Gasteiger partial charge in [0, 0.05) is 47.8 Å². The van der Waals surface area contributed by atoms with Gasteiger partial charge < -0.3 is 9.13 Å². The topological polar surface area (TPSA) is 78.1 Å². The van der Waals surface area contributed by atoms with Crippen molar-refractivity contribution in [3.05, 3.63) is 93.3 Å². The summed E-state index contributed by atoms with van der Waals surface area (Å²) in [7, 11) is 3.76. The average molecular weight is 641 g/mol. The largest absolute Gasteiger partial charge is 0.416 e. The van der Waals surface area contributed by atoms with Crippen molar-refractivity contribution >= 4 is 98.9 Å². The summed E-state index contributed by atoms with van der Waals surface area (Å²) in [6, 6.07) is 12.1. The molecule has 2 aliphatic rings. The van der Waals surface area contributed by atoms with Crippen LogP contribution in [0.4, 0.5) is 13.2 Å². The molecule has 4 heterocycles. The third kappa shape index (κ3) is 3.80. The maximum absolute atomic E-state index is 13.2. The first-order chi connectivity index (χ1) is 21.3. The summed E-state index contributed by atoms with van der Waals surface area (Å²) in [4.78, 5) is 51.0. The van der Waals surface area contributed by atoms with Crippen LogP contribution in [0.3, 0.4) is 0 Å². The third-order valence-corrected chi connectivity index (χ3v) is 11.0. The van der Waals surface area contributed by atoms with Crippen LogP contribution in [0.15, 0.2) is 48.5 Å². The third-order valence-electron chi connectivity index (χ3n) is 8.61. The van der Waals surface area contributed by atoms with Crippen molar-refractivity contribution in [2.75, 3.05) is 0 Å². The molecule has 6 aromatic rings. The van der Waals surface area contributed by atoms with Gasteiger partial charge in [-0.1, -0.05) is 23.8 Å². The van der Waals surface area contributed by atoms with Crippen LogP contribution in [0.25, 0.3) is 53.1 Å². The Bertz CT molecular complexity index is 2480. The quantitative estimate of drug-likeness (QED) is 0.143. The number of alkyl halides is 3. The van der Waals surface area contributed by atoms with Gasteiger partial charge in [0.05, 0.1) is 35.4 Å². The second-order valence-electron chi connectivity index (χ2n) is 11.3. The van der Waals surface area contributed by atoms with Gasteiger partial charge in [-0.25, -0.2) is 0 Å². The van der Waals surface area contributed by atoms with E-state index >= 15 is 0 Å². The van der Waals surface area contributed by atoms with Gasteiger partial charge >= 0.3 is 6.18 Å². The number of hydrogen-bond donors (Lipinski definition) is 0. The molecule has 4 aromatic heterocycles. The number of rotatable bonds is 2. The number of carbonyl (C=O) groups is 4. The molecular formula is C34H19F3N2O4S2. The molecule has 45 heavy (non-hydrogen) atoms. The van der Waals surface area contributed by atoms with E-state index in [1.807, 2.05) is 54.4 Å². The summed E-state index contributed by atoms with van der Waals surface area (Å²) in [5.74, 6) is -2.78. The van der Waals surface area contributed by atoms with Crippen LogP contribution in [0, 0.1) is 6.92 Å². The van der Waals surface area contributed by atoms with Crippen molar-refractivity contribution in [3.8, 4) is 0 Å². The van der Waals surface area contributed by atoms with E-state index in [-0.39, 0.29) is 16.7 Å². The van der Waals surface area contributed by atoms with E-state index in [0.29, 0.717) is 22.4 Å². The molecule has 8 rings (SSSR count). The van der Waals surface area contributed by atoms with Gasteiger partial charge in [0.25, 0.3) is 0 Å². The van der Waals surface area contributed by atoms with Crippen LogP contribution in [-0.4, -0.2) is 32.3 Å². The zero-order valence-corrected chi connectivity index (χ0v) is 25.4. The molecule has 0 fully saturated rings. The molecule has 0 bridgehead atoms. The van der Waals surface area contributed by atoms with Crippen LogP contribution >= 0.6 is 22.7 Å². The Labute approximate surface area is 260 Å². The van der Waals surface area contributed by atoms with Crippen molar-refractivity contribution in [1.29, 1.82) is 0 Å². The zero-order chi connectivity index (χ0) is 31.7. The number of aryl methyl sites for hydroxylation is 3. The number of halogens is 3. The molecule has 222 valence electrons. The molecule has 0 unspecified atom stereocenters. The van der Waals surface area contributed by atoms with Crippen molar-refractivity contribution in [3.63, 3.8) is 0 Å². The number of benzene rings is 2. The average Bonchev–Trinajstić information content (AvgIpc) is 3.77. The predicted octanol–water partition coefficient (Wildman–Crippen LogP) is 7.89.